The van der Waals surface area contributed by atoms with E-state index in [0.717, 1.165) is 17.0 Å². The Bertz CT molecular complexity index is 743. The number of hydrogen-bond donors (Lipinski definition) is 0. The highest BCUT2D eigenvalue weighted by Gasteiger charge is 2.47. The Balaban J connectivity index is 1.96. The standard InChI is InChI=1S/C20H21Cl2NO2/c1-3-8-20(2)10-17(14-9-16(22)12-23-11-14)18(25-19(20)24)13-4-6-15(21)7-5-13/h3-4,6-7,9,11-13,17-18H,1,5,8,10H2,2H3. The van der Waals surface area contributed by atoms with Gasteiger partial charge in [0.05, 0.1) is 10.4 Å². The number of cyclic esters (lactones) is 1. The van der Waals surface area contributed by atoms with Gasteiger partial charge in [0.1, 0.15) is 6.10 Å². The number of hydrogen-bond acceptors (Lipinski definition) is 3. The van der Waals surface area contributed by atoms with E-state index in [-0.39, 0.29) is 23.9 Å². The molecule has 1 aromatic heterocycles. The molecule has 1 aromatic rings. The normalized spacial score (nSPS) is 32.0. The van der Waals surface area contributed by atoms with E-state index in [9.17, 15) is 4.79 Å². The molecule has 1 aliphatic heterocycles. The molecular formula is C20H21Cl2NO2. The van der Waals surface area contributed by atoms with Crippen LogP contribution in [0.1, 0.15) is 37.7 Å². The van der Waals surface area contributed by atoms with Crippen molar-refractivity contribution in [1.29, 1.82) is 0 Å². The second kappa shape index (κ2) is 7.35. The van der Waals surface area contributed by atoms with E-state index in [1.807, 2.05) is 37.4 Å². The minimum Gasteiger partial charge on any atom is -0.461 e. The Labute approximate surface area is 158 Å². The van der Waals surface area contributed by atoms with Crippen molar-refractivity contribution in [1.82, 2.24) is 4.98 Å². The molecule has 0 saturated carbocycles. The lowest BCUT2D eigenvalue weighted by Crippen LogP contribution is -2.46. The van der Waals surface area contributed by atoms with Crippen LogP contribution in [0.25, 0.3) is 0 Å². The molecule has 3 nitrogen and oxygen atoms in total. The van der Waals surface area contributed by atoms with Gasteiger partial charge in [0, 0.05) is 29.3 Å². The van der Waals surface area contributed by atoms with Crippen LogP contribution in [-0.4, -0.2) is 17.1 Å². The summed E-state index contributed by atoms with van der Waals surface area (Å²) in [5, 5.41) is 1.30. The van der Waals surface area contributed by atoms with Crippen LogP contribution in [0.3, 0.4) is 0 Å². The molecule has 0 bridgehead atoms. The molecule has 5 heteroatoms. The molecule has 1 fully saturated rings. The summed E-state index contributed by atoms with van der Waals surface area (Å²) in [6, 6.07) is 1.91. The zero-order valence-electron chi connectivity index (χ0n) is 14.1. The molecule has 0 N–H and O–H groups in total. The number of aromatic nitrogens is 1. The van der Waals surface area contributed by atoms with Crippen LogP contribution in [0.15, 0.2) is 54.4 Å². The molecule has 4 unspecified atom stereocenters. The molecular weight excluding hydrogens is 357 g/mol. The van der Waals surface area contributed by atoms with Gasteiger partial charge in [-0.05, 0) is 43.9 Å². The molecule has 0 amide bonds. The third-order valence-corrected chi connectivity index (χ3v) is 5.55. The number of rotatable bonds is 4. The summed E-state index contributed by atoms with van der Waals surface area (Å²) in [6.07, 6.45) is 12.8. The summed E-state index contributed by atoms with van der Waals surface area (Å²) in [6.45, 7) is 5.72. The van der Waals surface area contributed by atoms with Crippen molar-refractivity contribution >= 4 is 29.2 Å². The predicted octanol–water partition coefficient (Wildman–Crippen LogP) is 5.42. The molecule has 132 valence electrons. The molecule has 4 atom stereocenters. The highest BCUT2D eigenvalue weighted by atomic mass is 35.5. The molecule has 3 rings (SSSR count). The summed E-state index contributed by atoms with van der Waals surface area (Å²) >= 11 is 12.2. The molecule has 1 aliphatic carbocycles. The smallest absolute Gasteiger partial charge is 0.312 e. The predicted molar refractivity (Wildman–Crippen MR) is 101 cm³/mol. The van der Waals surface area contributed by atoms with E-state index >= 15 is 0 Å². The van der Waals surface area contributed by atoms with Gasteiger partial charge in [-0.1, -0.05) is 41.4 Å². The largest absolute Gasteiger partial charge is 0.461 e. The maximum Gasteiger partial charge on any atom is 0.312 e. The average molecular weight is 378 g/mol. The van der Waals surface area contributed by atoms with Crippen molar-refractivity contribution in [3.63, 3.8) is 0 Å². The van der Waals surface area contributed by atoms with Crippen LogP contribution >= 0.6 is 23.2 Å². The number of carbonyl (C=O) groups excluding carboxylic acids is 1. The minimum atomic E-state index is -0.586. The summed E-state index contributed by atoms with van der Waals surface area (Å²) in [5.41, 5.74) is 0.409. The first-order valence-corrected chi connectivity index (χ1v) is 9.15. The Morgan fingerprint density at radius 1 is 1.44 bits per heavy atom. The van der Waals surface area contributed by atoms with E-state index in [1.54, 1.807) is 12.3 Å². The maximum absolute atomic E-state index is 12.7. The Kier molecular flexibility index (Phi) is 5.35. The van der Waals surface area contributed by atoms with Crippen LogP contribution in [0.2, 0.25) is 5.02 Å². The maximum atomic E-state index is 12.7. The van der Waals surface area contributed by atoms with Crippen LogP contribution < -0.4 is 0 Å². The number of ether oxygens (including phenoxy) is 1. The van der Waals surface area contributed by atoms with E-state index in [4.69, 9.17) is 27.9 Å². The summed E-state index contributed by atoms with van der Waals surface area (Å²) in [5.74, 6) is -0.0600. The van der Waals surface area contributed by atoms with Crippen LogP contribution in [0.4, 0.5) is 0 Å². The lowest BCUT2D eigenvalue weighted by atomic mass is 9.69. The van der Waals surface area contributed by atoms with Gasteiger partial charge in [0.2, 0.25) is 0 Å². The third-order valence-electron chi connectivity index (χ3n) is 5.06. The summed E-state index contributed by atoms with van der Waals surface area (Å²) in [7, 11) is 0. The van der Waals surface area contributed by atoms with Gasteiger partial charge in [-0.3, -0.25) is 9.78 Å². The van der Waals surface area contributed by atoms with Crippen molar-refractivity contribution in [2.24, 2.45) is 11.3 Å². The molecule has 2 heterocycles. The zero-order chi connectivity index (χ0) is 18.0. The molecule has 2 aliphatic rings. The number of halogens is 2. The van der Waals surface area contributed by atoms with Gasteiger partial charge in [-0.25, -0.2) is 0 Å². The molecule has 25 heavy (non-hydrogen) atoms. The average Bonchev–Trinajstić information content (AvgIpc) is 2.58. The topological polar surface area (TPSA) is 39.2 Å². The lowest BCUT2D eigenvalue weighted by molar-refractivity contribution is -0.174. The van der Waals surface area contributed by atoms with Crippen molar-refractivity contribution in [2.45, 2.75) is 38.2 Å². The quantitative estimate of drug-likeness (QED) is 0.519. The van der Waals surface area contributed by atoms with Gasteiger partial charge < -0.3 is 4.74 Å². The van der Waals surface area contributed by atoms with Crippen molar-refractivity contribution in [3.8, 4) is 0 Å². The SMILES string of the molecule is C=CCC1(C)CC(c2cncc(Cl)c2)C(C2C=CC(Cl)=CC2)OC1=O. The third kappa shape index (κ3) is 3.83. The fourth-order valence-electron chi connectivity index (χ4n) is 3.70. The van der Waals surface area contributed by atoms with Crippen molar-refractivity contribution in [3.05, 3.63) is 65.0 Å². The van der Waals surface area contributed by atoms with Crippen LogP contribution in [0.5, 0.6) is 0 Å². The number of pyridine rings is 1. The van der Waals surface area contributed by atoms with Crippen LogP contribution in [0, 0.1) is 11.3 Å². The van der Waals surface area contributed by atoms with E-state index in [0.29, 0.717) is 17.9 Å². The lowest BCUT2D eigenvalue weighted by Gasteiger charge is -2.43. The number of esters is 1. The second-order valence-electron chi connectivity index (χ2n) is 7.02. The number of carbonyl (C=O) groups is 1. The summed E-state index contributed by atoms with van der Waals surface area (Å²) in [4.78, 5) is 16.9. The molecule has 0 aromatic carbocycles. The second-order valence-corrected chi connectivity index (χ2v) is 7.89. The zero-order valence-corrected chi connectivity index (χ0v) is 15.6. The Morgan fingerprint density at radius 3 is 2.88 bits per heavy atom. The first-order chi connectivity index (χ1) is 11.9. The van der Waals surface area contributed by atoms with E-state index in [2.05, 4.69) is 11.6 Å². The van der Waals surface area contributed by atoms with Crippen molar-refractivity contribution in [2.75, 3.05) is 0 Å². The molecule has 1 saturated heterocycles. The first-order valence-electron chi connectivity index (χ1n) is 8.39. The number of nitrogens with zero attached hydrogens (tertiary/aromatic N) is 1. The van der Waals surface area contributed by atoms with E-state index < -0.39 is 5.41 Å². The monoisotopic (exact) mass is 377 g/mol. The van der Waals surface area contributed by atoms with Gasteiger partial charge >= 0.3 is 5.97 Å². The van der Waals surface area contributed by atoms with Crippen molar-refractivity contribution < 1.29 is 9.53 Å². The van der Waals surface area contributed by atoms with Crippen LogP contribution in [-0.2, 0) is 9.53 Å². The highest BCUT2D eigenvalue weighted by Crippen LogP contribution is 2.47. The molecule has 0 spiro atoms. The number of allylic oxidation sites excluding steroid dienone is 4. The summed E-state index contributed by atoms with van der Waals surface area (Å²) < 4.78 is 5.95. The Hall–Kier alpha value is -1.58. The minimum absolute atomic E-state index is 0.0220. The Morgan fingerprint density at radius 2 is 2.24 bits per heavy atom. The van der Waals surface area contributed by atoms with Gasteiger partial charge in [0.15, 0.2) is 0 Å². The van der Waals surface area contributed by atoms with Gasteiger partial charge in [0.25, 0.3) is 0 Å². The van der Waals surface area contributed by atoms with E-state index in [1.165, 1.54) is 0 Å². The fraction of sp³-hybridized carbons (Fsp3) is 0.400. The molecule has 0 radical (unpaired) electrons. The fourth-order valence-corrected chi connectivity index (χ4v) is 4.04. The first kappa shape index (κ1) is 18.2. The van der Waals surface area contributed by atoms with Gasteiger partial charge in [-0.15, -0.1) is 6.58 Å². The van der Waals surface area contributed by atoms with Gasteiger partial charge in [-0.2, -0.15) is 0 Å². The highest BCUT2D eigenvalue weighted by molar-refractivity contribution is 6.31.